The van der Waals surface area contributed by atoms with E-state index in [-0.39, 0.29) is 43.2 Å². The number of carboxylic acid groups (broad SMARTS) is 1. The number of aliphatic carboxylic acids is 1. The molecule has 1 aliphatic carbocycles. The molecule has 0 radical (unpaired) electrons. The Morgan fingerprint density at radius 2 is 1.62 bits per heavy atom. The van der Waals surface area contributed by atoms with E-state index >= 15 is 0 Å². The van der Waals surface area contributed by atoms with E-state index in [9.17, 15) is 14.4 Å². The van der Waals surface area contributed by atoms with E-state index in [1.54, 1.807) is 0 Å². The van der Waals surface area contributed by atoms with Gasteiger partial charge in [0.2, 0.25) is 5.91 Å². The fourth-order valence-corrected chi connectivity index (χ4v) is 4.47. The SMILES string of the molecule is CCCC[C@H](CC(=O)O)NC(=O)CC(C)CNC(=O)OCC1c2ccccc2-c2ccccc21. The van der Waals surface area contributed by atoms with Crippen LogP contribution in [0.5, 0.6) is 0 Å². The van der Waals surface area contributed by atoms with Gasteiger partial charge in [0.05, 0.1) is 6.42 Å². The normalized spacial score (nSPS) is 13.9. The van der Waals surface area contributed by atoms with Gasteiger partial charge in [0.25, 0.3) is 0 Å². The summed E-state index contributed by atoms with van der Waals surface area (Å²) in [6, 6.07) is 16.0. The zero-order valence-corrected chi connectivity index (χ0v) is 19.9. The van der Waals surface area contributed by atoms with Crippen molar-refractivity contribution in [2.24, 2.45) is 5.92 Å². The van der Waals surface area contributed by atoms with Crippen molar-refractivity contribution in [3.8, 4) is 11.1 Å². The quantitative estimate of drug-likeness (QED) is 0.421. The van der Waals surface area contributed by atoms with Gasteiger partial charge in [-0.25, -0.2) is 4.79 Å². The molecular weight excluding hydrogens is 432 g/mol. The van der Waals surface area contributed by atoms with E-state index in [2.05, 4.69) is 34.9 Å². The van der Waals surface area contributed by atoms with Crippen molar-refractivity contribution in [3.63, 3.8) is 0 Å². The molecule has 7 nitrogen and oxygen atoms in total. The third-order valence-electron chi connectivity index (χ3n) is 6.16. The highest BCUT2D eigenvalue weighted by molar-refractivity contribution is 5.79. The molecule has 0 spiro atoms. The zero-order chi connectivity index (χ0) is 24.5. The average molecular weight is 467 g/mol. The van der Waals surface area contributed by atoms with Gasteiger partial charge < -0.3 is 20.5 Å². The summed E-state index contributed by atoms with van der Waals surface area (Å²) in [5, 5.41) is 14.6. The second-order valence-electron chi connectivity index (χ2n) is 9.02. The molecule has 182 valence electrons. The molecule has 3 N–H and O–H groups in total. The highest BCUT2D eigenvalue weighted by Gasteiger charge is 2.29. The molecule has 1 unspecified atom stereocenters. The maximum atomic E-state index is 12.3. The van der Waals surface area contributed by atoms with Crippen molar-refractivity contribution in [1.29, 1.82) is 0 Å². The third kappa shape index (κ3) is 6.83. The number of rotatable bonds is 12. The Morgan fingerprint density at radius 3 is 2.21 bits per heavy atom. The second kappa shape index (κ2) is 12.2. The van der Waals surface area contributed by atoms with Crippen LogP contribution in [-0.4, -0.2) is 42.3 Å². The Labute approximate surface area is 200 Å². The fourth-order valence-electron chi connectivity index (χ4n) is 4.47. The van der Waals surface area contributed by atoms with Crippen LogP contribution < -0.4 is 10.6 Å². The van der Waals surface area contributed by atoms with Gasteiger partial charge in [-0.15, -0.1) is 0 Å². The molecule has 0 bridgehead atoms. The third-order valence-corrected chi connectivity index (χ3v) is 6.16. The van der Waals surface area contributed by atoms with Crippen molar-refractivity contribution in [2.45, 2.75) is 57.9 Å². The summed E-state index contributed by atoms with van der Waals surface area (Å²) >= 11 is 0. The molecule has 2 atom stereocenters. The first-order chi connectivity index (χ1) is 16.4. The first kappa shape index (κ1) is 25.3. The molecular formula is C27H34N2O5. The molecule has 2 aromatic rings. The summed E-state index contributed by atoms with van der Waals surface area (Å²) in [6.07, 6.45) is 2.04. The van der Waals surface area contributed by atoms with Crippen LogP contribution in [0.15, 0.2) is 48.5 Å². The van der Waals surface area contributed by atoms with Gasteiger partial charge in [-0.2, -0.15) is 0 Å². The number of carboxylic acids is 1. The van der Waals surface area contributed by atoms with Crippen LogP contribution in [0.3, 0.4) is 0 Å². The zero-order valence-electron chi connectivity index (χ0n) is 19.9. The molecule has 34 heavy (non-hydrogen) atoms. The van der Waals surface area contributed by atoms with E-state index in [0.29, 0.717) is 13.0 Å². The Kier molecular flexibility index (Phi) is 9.08. The van der Waals surface area contributed by atoms with Crippen LogP contribution in [-0.2, 0) is 14.3 Å². The standard InChI is InChI=1S/C27H34N2O5/c1-3-4-9-19(15-26(31)32)29-25(30)14-18(2)16-28-27(33)34-17-24-22-12-7-5-10-20(22)21-11-6-8-13-23(21)24/h5-8,10-13,18-19,24H,3-4,9,14-17H2,1-2H3,(H,28,33)(H,29,30)(H,31,32)/t18?,19-/m1/s1. The number of unbranched alkanes of at least 4 members (excludes halogenated alkanes) is 1. The Morgan fingerprint density at radius 1 is 1.00 bits per heavy atom. The van der Waals surface area contributed by atoms with E-state index in [4.69, 9.17) is 9.84 Å². The van der Waals surface area contributed by atoms with Gasteiger partial charge in [0.15, 0.2) is 0 Å². The van der Waals surface area contributed by atoms with Crippen LogP contribution in [0.25, 0.3) is 11.1 Å². The van der Waals surface area contributed by atoms with Crippen molar-refractivity contribution in [1.82, 2.24) is 10.6 Å². The number of hydrogen-bond donors (Lipinski definition) is 3. The summed E-state index contributed by atoms with van der Waals surface area (Å²) in [7, 11) is 0. The molecule has 0 saturated heterocycles. The smallest absolute Gasteiger partial charge is 0.407 e. The summed E-state index contributed by atoms with van der Waals surface area (Å²) in [4.78, 5) is 35.7. The predicted molar refractivity (Wildman–Crippen MR) is 131 cm³/mol. The van der Waals surface area contributed by atoms with E-state index in [0.717, 1.165) is 24.0 Å². The number of nitrogens with one attached hydrogen (secondary N) is 2. The highest BCUT2D eigenvalue weighted by atomic mass is 16.5. The number of benzene rings is 2. The molecule has 1 aliphatic rings. The number of ether oxygens (including phenoxy) is 1. The molecule has 0 heterocycles. The first-order valence-electron chi connectivity index (χ1n) is 12.0. The summed E-state index contributed by atoms with van der Waals surface area (Å²) in [5.74, 6) is -1.25. The second-order valence-corrected chi connectivity index (χ2v) is 9.02. The minimum atomic E-state index is -0.925. The molecule has 3 rings (SSSR count). The molecule has 0 aliphatic heterocycles. The number of fused-ring (bicyclic) bond motifs is 3. The first-order valence-corrected chi connectivity index (χ1v) is 12.0. The Hall–Kier alpha value is -3.35. The van der Waals surface area contributed by atoms with Crippen molar-refractivity contribution >= 4 is 18.0 Å². The van der Waals surface area contributed by atoms with Crippen LogP contribution in [0, 0.1) is 5.92 Å². The van der Waals surface area contributed by atoms with Crippen molar-refractivity contribution < 1.29 is 24.2 Å². The maximum absolute atomic E-state index is 12.3. The van der Waals surface area contributed by atoms with Gasteiger partial charge in [0.1, 0.15) is 6.61 Å². The fraction of sp³-hybridized carbons (Fsp3) is 0.444. The summed E-state index contributed by atoms with van der Waals surface area (Å²) < 4.78 is 5.53. The molecule has 0 fully saturated rings. The number of carbonyl (C=O) groups excluding carboxylic acids is 2. The monoisotopic (exact) mass is 466 g/mol. The Bertz CT molecular complexity index is 961. The van der Waals surface area contributed by atoms with Gasteiger partial charge in [-0.1, -0.05) is 75.2 Å². The van der Waals surface area contributed by atoms with Gasteiger partial charge in [0, 0.05) is 24.9 Å². The topological polar surface area (TPSA) is 105 Å². The van der Waals surface area contributed by atoms with Crippen LogP contribution in [0.1, 0.15) is 63.0 Å². The number of alkyl carbamates (subject to hydrolysis) is 1. The number of hydrogen-bond acceptors (Lipinski definition) is 4. The summed E-state index contributed by atoms with van der Waals surface area (Å²) in [6.45, 7) is 4.42. The van der Waals surface area contributed by atoms with E-state index < -0.39 is 12.1 Å². The molecule has 0 aromatic heterocycles. The predicted octanol–water partition coefficient (Wildman–Crippen LogP) is 4.70. The highest BCUT2D eigenvalue weighted by Crippen LogP contribution is 2.44. The lowest BCUT2D eigenvalue weighted by Gasteiger charge is -2.19. The summed E-state index contributed by atoms with van der Waals surface area (Å²) in [5.41, 5.74) is 4.65. The lowest BCUT2D eigenvalue weighted by molar-refractivity contribution is -0.137. The van der Waals surface area contributed by atoms with E-state index in [1.807, 2.05) is 38.1 Å². The van der Waals surface area contributed by atoms with Crippen LogP contribution in [0.4, 0.5) is 4.79 Å². The van der Waals surface area contributed by atoms with Crippen LogP contribution >= 0.6 is 0 Å². The van der Waals surface area contributed by atoms with Crippen molar-refractivity contribution in [3.05, 3.63) is 59.7 Å². The number of carbonyl (C=O) groups is 3. The van der Waals surface area contributed by atoms with Crippen LogP contribution in [0.2, 0.25) is 0 Å². The molecule has 0 saturated carbocycles. The lowest BCUT2D eigenvalue weighted by atomic mass is 9.98. The minimum absolute atomic E-state index is 0.00404. The van der Waals surface area contributed by atoms with Crippen molar-refractivity contribution in [2.75, 3.05) is 13.2 Å². The van der Waals surface area contributed by atoms with Gasteiger partial charge >= 0.3 is 12.1 Å². The maximum Gasteiger partial charge on any atom is 0.407 e. The molecule has 2 aromatic carbocycles. The molecule has 2 amide bonds. The van der Waals surface area contributed by atoms with Gasteiger partial charge in [-0.3, -0.25) is 9.59 Å². The Balaban J connectivity index is 1.44. The molecule has 7 heteroatoms. The average Bonchev–Trinajstić information content (AvgIpc) is 3.13. The number of amides is 2. The lowest BCUT2D eigenvalue weighted by Crippen LogP contribution is -2.38. The van der Waals surface area contributed by atoms with Gasteiger partial charge in [-0.05, 0) is 34.6 Å². The van der Waals surface area contributed by atoms with E-state index in [1.165, 1.54) is 11.1 Å². The minimum Gasteiger partial charge on any atom is -0.481 e. The largest absolute Gasteiger partial charge is 0.481 e.